The van der Waals surface area contributed by atoms with Crippen LogP contribution in [0.25, 0.3) is 0 Å². The molecule has 1 amide bonds. The SMILES string of the molecule is O=C(O)N1CCC2(CCNCC2)C1c1ccc(OC(F)(F)F)cc1. The Hall–Kier alpha value is -1.96. The second kappa shape index (κ2) is 6.16. The number of amides is 1. The maximum absolute atomic E-state index is 12.3. The Morgan fingerprint density at radius 3 is 2.38 bits per heavy atom. The lowest BCUT2D eigenvalue weighted by Gasteiger charge is -2.40. The van der Waals surface area contributed by atoms with E-state index in [2.05, 4.69) is 10.1 Å². The zero-order valence-electron chi connectivity index (χ0n) is 13.0. The van der Waals surface area contributed by atoms with Gasteiger partial charge in [0.2, 0.25) is 0 Å². The maximum atomic E-state index is 12.3. The predicted molar refractivity (Wildman–Crippen MR) is 79.8 cm³/mol. The third kappa shape index (κ3) is 3.28. The summed E-state index contributed by atoms with van der Waals surface area (Å²) in [4.78, 5) is 13.0. The van der Waals surface area contributed by atoms with Gasteiger partial charge in [-0.25, -0.2) is 4.79 Å². The number of carboxylic acid groups (broad SMARTS) is 1. The molecule has 5 nitrogen and oxygen atoms in total. The van der Waals surface area contributed by atoms with Crippen LogP contribution in [0.1, 0.15) is 30.9 Å². The van der Waals surface area contributed by atoms with E-state index >= 15 is 0 Å². The van der Waals surface area contributed by atoms with Crippen molar-refractivity contribution in [2.24, 2.45) is 5.41 Å². The molecule has 24 heavy (non-hydrogen) atoms. The fraction of sp³-hybridized carbons (Fsp3) is 0.562. The summed E-state index contributed by atoms with van der Waals surface area (Å²) in [5.41, 5.74) is 0.557. The third-order valence-electron chi connectivity index (χ3n) is 5.02. The molecule has 2 saturated heterocycles. The van der Waals surface area contributed by atoms with Crippen LogP contribution in [0.5, 0.6) is 5.75 Å². The molecular formula is C16H19F3N2O3. The zero-order valence-corrected chi connectivity index (χ0v) is 13.0. The van der Waals surface area contributed by atoms with Gasteiger partial charge in [-0.15, -0.1) is 13.2 Å². The number of benzene rings is 1. The number of ether oxygens (including phenoxy) is 1. The van der Waals surface area contributed by atoms with Crippen LogP contribution in [0.4, 0.5) is 18.0 Å². The van der Waals surface area contributed by atoms with Gasteiger partial charge in [0.1, 0.15) is 5.75 Å². The molecule has 1 unspecified atom stereocenters. The van der Waals surface area contributed by atoms with Crippen molar-refractivity contribution in [2.75, 3.05) is 19.6 Å². The number of hydrogen-bond acceptors (Lipinski definition) is 3. The number of alkyl halides is 3. The summed E-state index contributed by atoms with van der Waals surface area (Å²) in [5, 5.41) is 12.8. The Kier molecular flexibility index (Phi) is 4.33. The Bertz CT molecular complexity index is 598. The number of nitrogens with zero attached hydrogens (tertiary/aromatic N) is 1. The van der Waals surface area contributed by atoms with Crippen molar-refractivity contribution < 1.29 is 27.8 Å². The molecule has 8 heteroatoms. The Labute approximate surface area is 137 Å². The summed E-state index contributed by atoms with van der Waals surface area (Å²) in [5.74, 6) is -0.300. The third-order valence-corrected chi connectivity index (χ3v) is 5.02. The van der Waals surface area contributed by atoms with Gasteiger partial charge < -0.3 is 20.1 Å². The van der Waals surface area contributed by atoms with Crippen molar-refractivity contribution >= 4 is 6.09 Å². The minimum atomic E-state index is -4.74. The molecule has 2 aliphatic heterocycles. The second-order valence-electron chi connectivity index (χ2n) is 6.36. The van der Waals surface area contributed by atoms with Gasteiger partial charge in [-0.05, 0) is 55.5 Å². The molecule has 3 rings (SSSR count). The van der Waals surface area contributed by atoms with Gasteiger partial charge >= 0.3 is 12.5 Å². The normalized spacial score (nSPS) is 23.5. The molecule has 2 fully saturated rings. The monoisotopic (exact) mass is 344 g/mol. The quantitative estimate of drug-likeness (QED) is 0.863. The Morgan fingerprint density at radius 2 is 1.83 bits per heavy atom. The molecule has 1 spiro atoms. The Morgan fingerprint density at radius 1 is 1.21 bits per heavy atom. The van der Waals surface area contributed by atoms with Crippen molar-refractivity contribution in [3.63, 3.8) is 0 Å². The van der Waals surface area contributed by atoms with Gasteiger partial charge in [0.15, 0.2) is 0 Å². The van der Waals surface area contributed by atoms with Crippen molar-refractivity contribution in [3.05, 3.63) is 29.8 Å². The number of piperidine rings is 1. The number of halogens is 3. The molecule has 2 aliphatic rings. The molecule has 0 bridgehead atoms. The smallest absolute Gasteiger partial charge is 0.465 e. The highest BCUT2D eigenvalue weighted by molar-refractivity contribution is 5.66. The summed E-state index contributed by atoms with van der Waals surface area (Å²) in [6.07, 6.45) is -3.26. The lowest BCUT2D eigenvalue weighted by atomic mass is 9.70. The molecule has 2 N–H and O–H groups in total. The summed E-state index contributed by atoms with van der Waals surface area (Å²) >= 11 is 0. The summed E-state index contributed by atoms with van der Waals surface area (Å²) in [7, 11) is 0. The maximum Gasteiger partial charge on any atom is 0.573 e. The molecule has 1 aromatic rings. The first kappa shape index (κ1) is 16.9. The van der Waals surface area contributed by atoms with Gasteiger partial charge in [0.25, 0.3) is 0 Å². The Balaban J connectivity index is 1.89. The van der Waals surface area contributed by atoms with Crippen LogP contribution in [0.3, 0.4) is 0 Å². The number of rotatable bonds is 2. The predicted octanol–water partition coefficient (Wildman–Crippen LogP) is 3.38. The van der Waals surface area contributed by atoms with E-state index in [1.807, 2.05) is 0 Å². The van der Waals surface area contributed by atoms with Gasteiger partial charge in [-0.1, -0.05) is 12.1 Å². The number of nitrogens with one attached hydrogen (secondary N) is 1. The molecule has 1 aromatic carbocycles. The van der Waals surface area contributed by atoms with Crippen LogP contribution in [0.2, 0.25) is 0 Å². The van der Waals surface area contributed by atoms with Crippen LogP contribution in [-0.2, 0) is 0 Å². The van der Waals surface area contributed by atoms with E-state index < -0.39 is 12.5 Å². The van der Waals surface area contributed by atoms with Crippen molar-refractivity contribution in [1.29, 1.82) is 0 Å². The van der Waals surface area contributed by atoms with E-state index in [9.17, 15) is 23.1 Å². The van der Waals surface area contributed by atoms with Gasteiger partial charge in [-0.2, -0.15) is 0 Å². The summed E-state index contributed by atoms with van der Waals surface area (Å²) < 4.78 is 40.7. The first-order valence-corrected chi connectivity index (χ1v) is 7.87. The first-order valence-electron chi connectivity index (χ1n) is 7.87. The van der Waals surface area contributed by atoms with Crippen LogP contribution in [0.15, 0.2) is 24.3 Å². The van der Waals surface area contributed by atoms with Crippen molar-refractivity contribution in [3.8, 4) is 5.75 Å². The fourth-order valence-corrected chi connectivity index (χ4v) is 3.98. The molecule has 132 valence electrons. The van der Waals surface area contributed by atoms with E-state index in [0.717, 1.165) is 32.4 Å². The molecule has 2 heterocycles. The van der Waals surface area contributed by atoms with Gasteiger partial charge in [-0.3, -0.25) is 0 Å². The number of hydrogen-bond donors (Lipinski definition) is 2. The highest BCUT2D eigenvalue weighted by atomic mass is 19.4. The van der Waals surface area contributed by atoms with Crippen LogP contribution in [0, 0.1) is 5.41 Å². The minimum Gasteiger partial charge on any atom is -0.465 e. The van der Waals surface area contributed by atoms with Gasteiger partial charge in [0.05, 0.1) is 6.04 Å². The van der Waals surface area contributed by atoms with E-state index in [0.29, 0.717) is 12.1 Å². The van der Waals surface area contributed by atoms with E-state index in [-0.39, 0.29) is 17.2 Å². The van der Waals surface area contributed by atoms with E-state index in [4.69, 9.17) is 0 Å². The first-order chi connectivity index (χ1) is 11.3. The lowest BCUT2D eigenvalue weighted by molar-refractivity contribution is -0.274. The van der Waals surface area contributed by atoms with Crippen LogP contribution >= 0.6 is 0 Å². The summed E-state index contributed by atoms with van der Waals surface area (Å²) in [6.45, 7) is 2.08. The van der Waals surface area contributed by atoms with Gasteiger partial charge in [0, 0.05) is 6.54 Å². The van der Waals surface area contributed by atoms with E-state index in [1.54, 1.807) is 0 Å². The fourth-order valence-electron chi connectivity index (χ4n) is 3.98. The summed E-state index contributed by atoms with van der Waals surface area (Å²) in [6, 6.07) is 5.23. The molecule has 0 aromatic heterocycles. The molecule has 0 aliphatic carbocycles. The molecule has 0 radical (unpaired) electrons. The highest BCUT2D eigenvalue weighted by Crippen LogP contribution is 2.52. The molecular weight excluding hydrogens is 325 g/mol. The largest absolute Gasteiger partial charge is 0.573 e. The number of carbonyl (C=O) groups is 1. The van der Waals surface area contributed by atoms with Crippen LogP contribution in [-0.4, -0.2) is 42.1 Å². The molecule has 0 saturated carbocycles. The second-order valence-corrected chi connectivity index (χ2v) is 6.36. The topological polar surface area (TPSA) is 61.8 Å². The highest BCUT2D eigenvalue weighted by Gasteiger charge is 2.50. The minimum absolute atomic E-state index is 0.157. The van der Waals surface area contributed by atoms with Crippen molar-refractivity contribution in [1.82, 2.24) is 10.2 Å². The molecule has 1 atom stereocenters. The average Bonchev–Trinajstić information content (AvgIpc) is 2.86. The zero-order chi connectivity index (χ0) is 17.4. The van der Waals surface area contributed by atoms with Crippen LogP contribution < -0.4 is 10.1 Å². The standard InChI is InChI=1S/C16H19F3N2O3/c17-16(18,19)24-12-3-1-11(2-4-12)13-15(5-8-20-9-6-15)7-10-21(13)14(22)23/h1-4,13,20H,5-10H2,(H,22,23). The van der Waals surface area contributed by atoms with Crippen molar-refractivity contribution in [2.45, 2.75) is 31.7 Å². The lowest BCUT2D eigenvalue weighted by Crippen LogP contribution is -2.42. The number of likely N-dealkylation sites (tertiary alicyclic amines) is 1. The average molecular weight is 344 g/mol. The van der Waals surface area contributed by atoms with E-state index in [1.165, 1.54) is 29.2 Å².